The molecule has 0 saturated heterocycles. The second-order valence-corrected chi connectivity index (χ2v) is 5.04. The highest BCUT2D eigenvalue weighted by atomic mass is 35.5. The van der Waals surface area contributed by atoms with Crippen LogP contribution in [0.25, 0.3) is 0 Å². The highest BCUT2D eigenvalue weighted by molar-refractivity contribution is 6.43. The number of rotatable bonds is 3. The molecule has 0 aliphatic heterocycles. The Morgan fingerprint density at radius 3 is 2.20 bits per heavy atom. The predicted molar refractivity (Wildman–Crippen MR) is 78.9 cm³/mol. The Hall–Kier alpha value is -1.36. The molecule has 0 spiro atoms. The summed E-state index contributed by atoms with van der Waals surface area (Å²) in [5, 5.41) is 0.725. The number of nitrogens with two attached hydrogens (primary N) is 1. The molecule has 2 rings (SSSR count). The first-order valence-electron chi connectivity index (χ1n) is 5.37. The highest BCUT2D eigenvalue weighted by Gasteiger charge is 2.13. The van der Waals surface area contributed by atoms with E-state index in [4.69, 9.17) is 50.0 Å². The first-order valence-corrected chi connectivity index (χ1v) is 6.51. The van der Waals surface area contributed by atoms with E-state index in [1.54, 1.807) is 0 Å². The molecule has 3 nitrogen and oxygen atoms in total. The van der Waals surface area contributed by atoms with Gasteiger partial charge in [-0.05, 0) is 6.07 Å². The molecule has 0 aliphatic carbocycles. The van der Waals surface area contributed by atoms with Crippen LogP contribution in [0.1, 0.15) is 0 Å². The summed E-state index contributed by atoms with van der Waals surface area (Å²) >= 11 is 17.6. The Kier molecular flexibility index (Phi) is 4.48. The average molecular weight is 337 g/mol. The molecule has 2 N–H and O–H groups in total. The molecule has 2 aromatic rings. The van der Waals surface area contributed by atoms with Crippen LogP contribution in [0.4, 0.5) is 10.1 Å². The van der Waals surface area contributed by atoms with Crippen LogP contribution in [-0.4, -0.2) is 7.11 Å². The molecule has 0 bridgehead atoms. The van der Waals surface area contributed by atoms with Gasteiger partial charge in [-0.25, -0.2) is 4.39 Å². The standard InChI is InChI=1S/C13H9Cl3FNO2/c1-19-13-5-12(9(17)4-10(13)18)20-11-3-7(15)6(14)2-8(11)16/h2-5H,18H2,1H3. The van der Waals surface area contributed by atoms with Crippen LogP contribution in [0.3, 0.4) is 0 Å². The quantitative estimate of drug-likeness (QED) is 0.621. The van der Waals surface area contributed by atoms with Gasteiger partial charge < -0.3 is 15.2 Å². The summed E-state index contributed by atoms with van der Waals surface area (Å²) in [6.07, 6.45) is 0. The fourth-order valence-electron chi connectivity index (χ4n) is 1.51. The van der Waals surface area contributed by atoms with Crippen molar-refractivity contribution in [3.05, 3.63) is 45.2 Å². The topological polar surface area (TPSA) is 44.5 Å². The van der Waals surface area contributed by atoms with Gasteiger partial charge >= 0.3 is 0 Å². The van der Waals surface area contributed by atoms with Crippen molar-refractivity contribution < 1.29 is 13.9 Å². The third kappa shape index (κ3) is 3.03. The molecule has 20 heavy (non-hydrogen) atoms. The number of ether oxygens (including phenoxy) is 2. The van der Waals surface area contributed by atoms with Gasteiger partial charge in [0.15, 0.2) is 11.6 Å². The molecule has 0 unspecified atom stereocenters. The summed E-state index contributed by atoms with van der Waals surface area (Å²) in [6, 6.07) is 5.23. The molecule has 2 aromatic carbocycles. The lowest BCUT2D eigenvalue weighted by Gasteiger charge is -2.12. The van der Waals surface area contributed by atoms with Gasteiger partial charge in [0.25, 0.3) is 0 Å². The molecule has 106 valence electrons. The lowest BCUT2D eigenvalue weighted by molar-refractivity contribution is 0.403. The van der Waals surface area contributed by atoms with Crippen LogP contribution < -0.4 is 15.2 Å². The Morgan fingerprint density at radius 2 is 1.55 bits per heavy atom. The van der Waals surface area contributed by atoms with E-state index in [0.717, 1.165) is 6.07 Å². The average Bonchev–Trinajstić information content (AvgIpc) is 2.38. The van der Waals surface area contributed by atoms with E-state index in [1.165, 1.54) is 25.3 Å². The molecule has 0 aliphatic rings. The van der Waals surface area contributed by atoms with Crippen molar-refractivity contribution in [2.75, 3.05) is 12.8 Å². The van der Waals surface area contributed by atoms with Crippen molar-refractivity contribution in [2.24, 2.45) is 0 Å². The maximum absolute atomic E-state index is 13.8. The van der Waals surface area contributed by atoms with Gasteiger partial charge in [0.05, 0.1) is 27.9 Å². The number of benzene rings is 2. The first-order chi connectivity index (χ1) is 9.42. The van der Waals surface area contributed by atoms with Crippen LogP contribution in [-0.2, 0) is 0 Å². The smallest absolute Gasteiger partial charge is 0.168 e. The minimum absolute atomic E-state index is 0.0867. The molecule has 0 saturated carbocycles. The first kappa shape index (κ1) is 15.0. The van der Waals surface area contributed by atoms with Crippen LogP contribution in [0, 0.1) is 5.82 Å². The number of nitrogen functional groups attached to an aromatic ring is 1. The summed E-state index contributed by atoms with van der Waals surface area (Å²) in [7, 11) is 1.42. The van der Waals surface area contributed by atoms with E-state index < -0.39 is 5.82 Å². The normalized spacial score (nSPS) is 10.4. The van der Waals surface area contributed by atoms with Crippen LogP contribution in [0.2, 0.25) is 15.1 Å². The Morgan fingerprint density at radius 1 is 0.900 bits per heavy atom. The molecular formula is C13H9Cl3FNO2. The van der Waals surface area contributed by atoms with E-state index in [9.17, 15) is 4.39 Å². The van der Waals surface area contributed by atoms with Gasteiger partial charge in [-0.3, -0.25) is 0 Å². The van der Waals surface area contributed by atoms with Crippen molar-refractivity contribution in [1.29, 1.82) is 0 Å². The van der Waals surface area contributed by atoms with Gasteiger partial charge in [0.2, 0.25) is 0 Å². The van der Waals surface area contributed by atoms with E-state index in [2.05, 4.69) is 0 Å². The Labute approximate surface area is 129 Å². The number of anilines is 1. The fraction of sp³-hybridized carbons (Fsp3) is 0.0769. The Bertz CT molecular complexity index is 665. The summed E-state index contributed by atoms with van der Waals surface area (Å²) in [5.41, 5.74) is 5.75. The number of methoxy groups -OCH3 is 1. The Balaban J connectivity index is 2.42. The lowest BCUT2D eigenvalue weighted by Crippen LogP contribution is -1.96. The maximum Gasteiger partial charge on any atom is 0.168 e. The SMILES string of the molecule is COc1cc(Oc2cc(Cl)c(Cl)cc2Cl)c(F)cc1N. The molecule has 0 heterocycles. The largest absolute Gasteiger partial charge is 0.494 e. The van der Waals surface area contributed by atoms with Gasteiger partial charge in [-0.15, -0.1) is 0 Å². The number of halogens is 4. The van der Waals surface area contributed by atoms with E-state index in [1.807, 2.05) is 0 Å². The number of hydrogen-bond acceptors (Lipinski definition) is 3. The van der Waals surface area contributed by atoms with Crippen molar-refractivity contribution >= 4 is 40.5 Å². The van der Waals surface area contributed by atoms with E-state index >= 15 is 0 Å². The zero-order chi connectivity index (χ0) is 14.9. The third-order valence-electron chi connectivity index (χ3n) is 2.48. The summed E-state index contributed by atoms with van der Waals surface area (Å²) in [6.45, 7) is 0. The summed E-state index contributed by atoms with van der Waals surface area (Å²) in [4.78, 5) is 0. The molecule has 0 aromatic heterocycles. The minimum atomic E-state index is -0.648. The van der Waals surface area contributed by atoms with Crippen molar-refractivity contribution in [1.82, 2.24) is 0 Å². The van der Waals surface area contributed by atoms with Gasteiger partial charge in [-0.2, -0.15) is 0 Å². The number of hydrogen-bond donors (Lipinski definition) is 1. The van der Waals surface area contributed by atoms with Crippen molar-refractivity contribution in [3.63, 3.8) is 0 Å². The zero-order valence-corrected chi connectivity index (χ0v) is 12.5. The molecular weight excluding hydrogens is 328 g/mol. The molecule has 0 atom stereocenters. The third-order valence-corrected chi connectivity index (χ3v) is 3.50. The minimum Gasteiger partial charge on any atom is -0.494 e. The second-order valence-electron chi connectivity index (χ2n) is 3.82. The molecule has 0 fully saturated rings. The molecule has 0 radical (unpaired) electrons. The van der Waals surface area contributed by atoms with Crippen molar-refractivity contribution in [3.8, 4) is 17.2 Å². The molecule has 7 heteroatoms. The summed E-state index contributed by atoms with van der Waals surface area (Å²) in [5.74, 6) is -0.272. The fourth-order valence-corrected chi connectivity index (χ4v) is 2.08. The maximum atomic E-state index is 13.8. The van der Waals surface area contributed by atoms with Crippen LogP contribution in [0.15, 0.2) is 24.3 Å². The van der Waals surface area contributed by atoms with Crippen molar-refractivity contribution in [2.45, 2.75) is 0 Å². The van der Waals surface area contributed by atoms with E-state index in [0.29, 0.717) is 0 Å². The second kappa shape index (κ2) is 5.95. The van der Waals surface area contributed by atoms with Crippen LogP contribution in [0.5, 0.6) is 17.2 Å². The summed E-state index contributed by atoms with van der Waals surface area (Å²) < 4.78 is 24.2. The lowest BCUT2D eigenvalue weighted by atomic mass is 10.2. The monoisotopic (exact) mass is 335 g/mol. The molecule has 0 amide bonds. The van der Waals surface area contributed by atoms with Gasteiger partial charge in [-0.1, -0.05) is 34.8 Å². The zero-order valence-electron chi connectivity index (χ0n) is 10.2. The predicted octanol–water partition coefficient (Wildman–Crippen LogP) is 5.17. The van der Waals surface area contributed by atoms with Gasteiger partial charge in [0, 0.05) is 18.2 Å². The van der Waals surface area contributed by atoms with Crippen LogP contribution >= 0.6 is 34.8 Å². The highest BCUT2D eigenvalue weighted by Crippen LogP contribution is 2.38. The van der Waals surface area contributed by atoms with Gasteiger partial charge in [0.1, 0.15) is 11.5 Å². The van der Waals surface area contributed by atoms with E-state index in [-0.39, 0.29) is 38.0 Å².